The van der Waals surface area contributed by atoms with E-state index >= 15 is 0 Å². The smallest absolute Gasteiger partial charge is 0.271 e. The lowest BCUT2D eigenvalue weighted by Gasteiger charge is -2.15. The topological polar surface area (TPSA) is 73.2 Å². The van der Waals surface area contributed by atoms with Crippen LogP contribution in [0.2, 0.25) is 5.02 Å². The van der Waals surface area contributed by atoms with Crippen molar-refractivity contribution in [3.8, 4) is 11.6 Å². The second kappa shape index (κ2) is 8.27. The molecular weight excluding hydrogens is 378 g/mol. The minimum Gasteiger partial charge on any atom is -0.463 e. The maximum Gasteiger partial charge on any atom is 0.271 e. The van der Waals surface area contributed by atoms with Crippen LogP contribution in [-0.2, 0) is 4.79 Å². The number of benzene rings is 2. The average molecular weight is 398 g/mol. The summed E-state index contributed by atoms with van der Waals surface area (Å²) >= 11 is 6.05. The number of aromatic nitrogens is 2. The average Bonchev–Trinajstić information content (AvgIpc) is 2.65. The maximum atomic E-state index is 12.4. The molecule has 0 saturated carbocycles. The van der Waals surface area contributed by atoms with Crippen molar-refractivity contribution >= 4 is 23.2 Å². The van der Waals surface area contributed by atoms with Gasteiger partial charge in [-0.15, -0.1) is 5.10 Å². The number of carbonyl (C=O) groups is 1. The molecule has 0 radical (unpaired) electrons. The van der Waals surface area contributed by atoms with E-state index in [4.69, 9.17) is 16.3 Å². The summed E-state index contributed by atoms with van der Waals surface area (Å²) in [7, 11) is 0. The van der Waals surface area contributed by atoms with Gasteiger partial charge in [-0.1, -0.05) is 29.8 Å². The molecule has 1 atom stereocenters. The SMILES string of the molecule is Cc1cccc(NC(=O)[C@@H](C)Oc2ccc(=O)n(-c3cc(Cl)ccc3C)n2)c1. The molecule has 28 heavy (non-hydrogen) atoms. The van der Waals surface area contributed by atoms with E-state index in [0.717, 1.165) is 11.1 Å². The van der Waals surface area contributed by atoms with Gasteiger partial charge < -0.3 is 10.1 Å². The van der Waals surface area contributed by atoms with E-state index in [1.165, 1.54) is 16.8 Å². The molecule has 1 N–H and O–H groups in total. The van der Waals surface area contributed by atoms with Crippen LogP contribution >= 0.6 is 11.6 Å². The normalized spacial score (nSPS) is 11.7. The van der Waals surface area contributed by atoms with E-state index in [0.29, 0.717) is 16.4 Å². The Morgan fingerprint density at radius 1 is 1.14 bits per heavy atom. The second-order valence-corrected chi connectivity index (χ2v) is 6.91. The molecule has 3 rings (SSSR count). The van der Waals surface area contributed by atoms with Gasteiger partial charge >= 0.3 is 0 Å². The highest BCUT2D eigenvalue weighted by molar-refractivity contribution is 6.30. The van der Waals surface area contributed by atoms with Gasteiger partial charge in [-0.3, -0.25) is 9.59 Å². The molecular formula is C21H20ClN3O3. The number of aryl methyl sites for hydroxylation is 2. The standard InChI is InChI=1S/C21H20ClN3O3/c1-13-5-4-6-17(11-13)23-21(27)15(3)28-19-9-10-20(26)25(24-19)18-12-16(22)8-7-14(18)2/h4-12,15H,1-3H3,(H,23,27)/t15-/m1/s1. The molecule has 0 unspecified atom stereocenters. The van der Waals surface area contributed by atoms with Gasteiger partial charge in [0.05, 0.1) is 5.69 Å². The van der Waals surface area contributed by atoms with E-state index in [9.17, 15) is 9.59 Å². The lowest BCUT2D eigenvalue weighted by atomic mass is 10.2. The Labute approximate surface area is 167 Å². The fraction of sp³-hybridized carbons (Fsp3) is 0.190. The van der Waals surface area contributed by atoms with Gasteiger partial charge in [0.25, 0.3) is 11.5 Å². The summed E-state index contributed by atoms with van der Waals surface area (Å²) in [6, 6.07) is 15.5. The fourth-order valence-corrected chi connectivity index (χ4v) is 2.81. The van der Waals surface area contributed by atoms with Gasteiger partial charge in [0.15, 0.2) is 6.10 Å². The number of carbonyl (C=O) groups excluding carboxylic acids is 1. The minimum absolute atomic E-state index is 0.158. The van der Waals surface area contributed by atoms with E-state index in [1.807, 2.05) is 32.0 Å². The lowest BCUT2D eigenvalue weighted by Crippen LogP contribution is -2.31. The Bertz CT molecular complexity index is 1080. The van der Waals surface area contributed by atoms with Crippen LogP contribution in [0, 0.1) is 13.8 Å². The molecule has 1 aromatic heterocycles. The quantitative estimate of drug-likeness (QED) is 0.708. The number of hydrogen-bond acceptors (Lipinski definition) is 4. The van der Waals surface area contributed by atoms with Gasteiger partial charge in [-0.25, -0.2) is 0 Å². The number of ether oxygens (including phenoxy) is 1. The molecule has 3 aromatic rings. The highest BCUT2D eigenvalue weighted by Crippen LogP contribution is 2.19. The molecule has 1 amide bonds. The summed E-state index contributed by atoms with van der Waals surface area (Å²) in [4.78, 5) is 24.6. The summed E-state index contributed by atoms with van der Waals surface area (Å²) in [5.41, 5.74) is 2.79. The predicted octanol–water partition coefficient (Wildman–Crippen LogP) is 3.91. The minimum atomic E-state index is -0.806. The molecule has 0 spiro atoms. The van der Waals surface area contributed by atoms with E-state index in [1.54, 1.807) is 31.2 Å². The molecule has 0 saturated heterocycles. The number of hydrogen-bond donors (Lipinski definition) is 1. The van der Waals surface area contributed by atoms with Crippen LogP contribution in [0.4, 0.5) is 5.69 Å². The summed E-state index contributed by atoms with van der Waals surface area (Å²) in [5, 5.41) is 7.52. The highest BCUT2D eigenvalue weighted by Gasteiger charge is 2.17. The first-order valence-electron chi connectivity index (χ1n) is 8.74. The first kappa shape index (κ1) is 19.6. The number of rotatable bonds is 5. The second-order valence-electron chi connectivity index (χ2n) is 6.47. The zero-order valence-electron chi connectivity index (χ0n) is 15.8. The third-order valence-corrected chi connectivity index (χ3v) is 4.36. The van der Waals surface area contributed by atoms with Crippen LogP contribution in [0.5, 0.6) is 5.88 Å². The van der Waals surface area contributed by atoms with Crippen LogP contribution in [0.1, 0.15) is 18.1 Å². The third-order valence-electron chi connectivity index (χ3n) is 4.13. The van der Waals surface area contributed by atoms with Gasteiger partial charge in [-0.2, -0.15) is 4.68 Å². The van der Waals surface area contributed by atoms with Gasteiger partial charge in [0, 0.05) is 22.8 Å². The van der Waals surface area contributed by atoms with Crippen molar-refractivity contribution in [2.24, 2.45) is 0 Å². The van der Waals surface area contributed by atoms with Gasteiger partial charge in [0.2, 0.25) is 5.88 Å². The van der Waals surface area contributed by atoms with Crippen molar-refractivity contribution in [1.82, 2.24) is 9.78 Å². The first-order valence-corrected chi connectivity index (χ1v) is 9.12. The van der Waals surface area contributed by atoms with Crippen molar-refractivity contribution in [3.63, 3.8) is 0 Å². The van der Waals surface area contributed by atoms with Crippen LogP contribution in [0.3, 0.4) is 0 Å². The zero-order chi connectivity index (χ0) is 20.3. The Kier molecular flexibility index (Phi) is 5.80. The number of nitrogens with zero attached hydrogens (tertiary/aromatic N) is 2. The van der Waals surface area contributed by atoms with E-state index in [-0.39, 0.29) is 17.3 Å². The molecule has 0 bridgehead atoms. The van der Waals surface area contributed by atoms with Crippen molar-refractivity contribution < 1.29 is 9.53 Å². The van der Waals surface area contributed by atoms with E-state index < -0.39 is 6.10 Å². The largest absolute Gasteiger partial charge is 0.463 e. The molecule has 144 valence electrons. The summed E-state index contributed by atoms with van der Waals surface area (Å²) in [6.45, 7) is 5.42. The molecule has 1 heterocycles. The Morgan fingerprint density at radius 2 is 1.93 bits per heavy atom. The van der Waals surface area contributed by atoms with Crippen LogP contribution < -0.4 is 15.6 Å². The summed E-state index contributed by atoms with van der Waals surface area (Å²) < 4.78 is 6.86. The van der Waals surface area contributed by atoms with Crippen LogP contribution in [-0.4, -0.2) is 21.8 Å². The van der Waals surface area contributed by atoms with E-state index in [2.05, 4.69) is 10.4 Å². The zero-order valence-corrected chi connectivity index (χ0v) is 16.5. The number of amides is 1. The van der Waals surface area contributed by atoms with Crippen molar-refractivity contribution in [2.45, 2.75) is 26.9 Å². The molecule has 0 aliphatic carbocycles. The Morgan fingerprint density at radius 3 is 2.68 bits per heavy atom. The summed E-state index contributed by atoms with van der Waals surface area (Å²) in [6.07, 6.45) is -0.806. The van der Waals surface area contributed by atoms with Crippen molar-refractivity contribution in [3.05, 3.63) is 81.1 Å². The molecule has 0 aliphatic rings. The third kappa shape index (κ3) is 4.58. The lowest BCUT2D eigenvalue weighted by molar-refractivity contribution is -0.122. The number of anilines is 1. The van der Waals surface area contributed by atoms with Gasteiger partial charge in [-0.05, 0) is 56.2 Å². The Hall–Kier alpha value is -3.12. The molecule has 6 nitrogen and oxygen atoms in total. The van der Waals surface area contributed by atoms with Crippen molar-refractivity contribution in [2.75, 3.05) is 5.32 Å². The fourth-order valence-electron chi connectivity index (χ4n) is 2.64. The molecule has 0 aliphatic heterocycles. The summed E-state index contributed by atoms with van der Waals surface area (Å²) in [5.74, 6) is -0.157. The van der Waals surface area contributed by atoms with Crippen LogP contribution in [0.25, 0.3) is 5.69 Å². The number of halogens is 1. The predicted molar refractivity (Wildman–Crippen MR) is 109 cm³/mol. The maximum absolute atomic E-state index is 12.4. The molecule has 7 heteroatoms. The Balaban J connectivity index is 1.80. The van der Waals surface area contributed by atoms with Crippen molar-refractivity contribution in [1.29, 1.82) is 0 Å². The monoisotopic (exact) mass is 397 g/mol. The number of nitrogens with one attached hydrogen (secondary N) is 1. The van der Waals surface area contributed by atoms with Crippen LogP contribution in [0.15, 0.2) is 59.4 Å². The molecule has 2 aromatic carbocycles. The first-order chi connectivity index (χ1) is 13.3. The van der Waals surface area contributed by atoms with Gasteiger partial charge in [0.1, 0.15) is 0 Å². The highest BCUT2D eigenvalue weighted by atomic mass is 35.5. The molecule has 0 fully saturated rings.